The number of aliphatic hydroxyl groups excluding tert-OH is 1. The second-order valence-corrected chi connectivity index (χ2v) is 5.47. The van der Waals surface area contributed by atoms with Crippen LogP contribution in [0.2, 0.25) is 0 Å². The highest BCUT2D eigenvalue weighted by molar-refractivity contribution is 5.68. The topological polar surface area (TPSA) is 78.8 Å². The summed E-state index contributed by atoms with van der Waals surface area (Å²) in [6.07, 6.45) is -1.44. The minimum absolute atomic E-state index is 0.128. The van der Waals surface area contributed by atoms with Crippen LogP contribution in [0.1, 0.15) is 39.4 Å². The number of benzene rings is 1. The highest BCUT2D eigenvalue weighted by atomic mass is 16.6. The number of phenols is 1. The highest BCUT2D eigenvalue weighted by Crippen LogP contribution is 2.19. The van der Waals surface area contributed by atoms with Crippen LogP contribution in [0.25, 0.3) is 0 Å². The zero-order chi connectivity index (χ0) is 14.6. The third-order valence-electron chi connectivity index (χ3n) is 2.45. The van der Waals surface area contributed by atoms with E-state index in [9.17, 15) is 15.0 Å². The number of aliphatic hydroxyl groups is 1. The lowest BCUT2D eigenvalue weighted by Gasteiger charge is -2.24. The number of nitrogens with one attached hydrogen (secondary N) is 1. The van der Waals surface area contributed by atoms with Crippen LogP contribution in [-0.2, 0) is 4.74 Å². The average Bonchev–Trinajstić information content (AvgIpc) is 2.26. The average molecular weight is 267 g/mol. The van der Waals surface area contributed by atoms with Gasteiger partial charge in [-0.2, -0.15) is 0 Å². The fraction of sp³-hybridized carbons (Fsp3) is 0.500. The lowest BCUT2D eigenvalue weighted by molar-refractivity contribution is 0.0435. The van der Waals surface area contributed by atoms with Crippen molar-refractivity contribution in [1.82, 2.24) is 5.32 Å². The van der Waals surface area contributed by atoms with Crippen molar-refractivity contribution in [2.75, 3.05) is 0 Å². The molecule has 1 rings (SSSR count). The molecule has 0 saturated carbocycles. The highest BCUT2D eigenvalue weighted by Gasteiger charge is 2.22. The van der Waals surface area contributed by atoms with E-state index in [1.165, 1.54) is 12.1 Å². The van der Waals surface area contributed by atoms with E-state index in [0.717, 1.165) is 0 Å². The Kier molecular flexibility index (Phi) is 4.78. The fourth-order valence-electron chi connectivity index (χ4n) is 1.53. The standard InChI is InChI=1S/C14H21NO4/c1-9(15-13(18)19-14(2,3)4)12(17)10-5-7-11(16)8-6-10/h5-9,12,16-17H,1-4H3,(H,15,18)/t9-,12-/m1/s1. The number of amides is 1. The Bertz CT molecular complexity index is 422. The molecule has 1 amide bonds. The van der Waals surface area contributed by atoms with Gasteiger partial charge in [0.25, 0.3) is 0 Å². The van der Waals surface area contributed by atoms with Crippen LogP contribution in [0.5, 0.6) is 5.75 Å². The summed E-state index contributed by atoms with van der Waals surface area (Å²) >= 11 is 0. The molecule has 0 aliphatic heterocycles. The van der Waals surface area contributed by atoms with Crippen LogP contribution in [0.4, 0.5) is 4.79 Å². The Morgan fingerprint density at radius 1 is 1.26 bits per heavy atom. The van der Waals surface area contributed by atoms with Crippen molar-refractivity contribution in [3.05, 3.63) is 29.8 Å². The van der Waals surface area contributed by atoms with Gasteiger partial charge >= 0.3 is 6.09 Å². The first-order chi connectivity index (χ1) is 8.69. The van der Waals surface area contributed by atoms with Gasteiger partial charge in [-0.05, 0) is 45.4 Å². The van der Waals surface area contributed by atoms with Crippen molar-refractivity contribution in [3.8, 4) is 5.75 Å². The van der Waals surface area contributed by atoms with Crippen molar-refractivity contribution in [2.45, 2.75) is 45.4 Å². The number of hydrogen-bond acceptors (Lipinski definition) is 4. The van der Waals surface area contributed by atoms with Crippen LogP contribution in [-0.4, -0.2) is 27.9 Å². The van der Waals surface area contributed by atoms with E-state index in [1.807, 2.05) is 0 Å². The first kappa shape index (κ1) is 15.3. The molecule has 1 aromatic rings. The molecule has 5 nitrogen and oxygen atoms in total. The van der Waals surface area contributed by atoms with Gasteiger partial charge in [0.15, 0.2) is 0 Å². The zero-order valence-corrected chi connectivity index (χ0v) is 11.7. The van der Waals surface area contributed by atoms with Gasteiger partial charge in [0.1, 0.15) is 11.4 Å². The minimum Gasteiger partial charge on any atom is -0.508 e. The third kappa shape index (κ3) is 5.18. The predicted octanol–water partition coefficient (Wildman–Crippen LogP) is 2.34. The molecule has 0 aliphatic rings. The second kappa shape index (κ2) is 5.93. The first-order valence-electron chi connectivity index (χ1n) is 6.15. The quantitative estimate of drug-likeness (QED) is 0.785. The lowest BCUT2D eigenvalue weighted by Crippen LogP contribution is -2.40. The molecule has 19 heavy (non-hydrogen) atoms. The second-order valence-electron chi connectivity index (χ2n) is 5.47. The summed E-state index contributed by atoms with van der Waals surface area (Å²) in [6.45, 7) is 7.00. The predicted molar refractivity (Wildman–Crippen MR) is 71.9 cm³/mol. The summed E-state index contributed by atoms with van der Waals surface area (Å²) < 4.78 is 5.11. The van der Waals surface area contributed by atoms with Crippen LogP contribution < -0.4 is 5.32 Å². The first-order valence-corrected chi connectivity index (χ1v) is 6.15. The van der Waals surface area contributed by atoms with Crippen LogP contribution >= 0.6 is 0 Å². The number of hydrogen-bond donors (Lipinski definition) is 3. The number of ether oxygens (including phenoxy) is 1. The zero-order valence-electron chi connectivity index (χ0n) is 11.7. The van der Waals surface area contributed by atoms with Crippen molar-refractivity contribution in [1.29, 1.82) is 0 Å². The maximum absolute atomic E-state index is 11.6. The van der Waals surface area contributed by atoms with E-state index in [-0.39, 0.29) is 5.75 Å². The van der Waals surface area contributed by atoms with Gasteiger partial charge in [-0.25, -0.2) is 4.79 Å². The van der Waals surface area contributed by atoms with Gasteiger partial charge in [-0.1, -0.05) is 12.1 Å². The molecule has 0 aliphatic carbocycles. The summed E-state index contributed by atoms with van der Waals surface area (Å²) in [6, 6.07) is 5.68. The van der Waals surface area contributed by atoms with E-state index in [4.69, 9.17) is 4.74 Å². The van der Waals surface area contributed by atoms with Crippen molar-refractivity contribution < 1.29 is 19.7 Å². The van der Waals surface area contributed by atoms with Gasteiger partial charge in [-0.15, -0.1) is 0 Å². The number of phenolic OH excluding ortho intramolecular Hbond substituents is 1. The Balaban J connectivity index is 2.60. The summed E-state index contributed by atoms with van der Waals surface area (Å²) in [5, 5.41) is 21.8. The molecule has 0 unspecified atom stereocenters. The molecular formula is C14H21NO4. The van der Waals surface area contributed by atoms with E-state index in [0.29, 0.717) is 5.56 Å². The smallest absolute Gasteiger partial charge is 0.407 e. The monoisotopic (exact) mass is 267 g/mol. The van der Waals surface area contributed by atoms with Gasteiger partial charge < -0.3 is 20.3 Å². The number of alkyl carbamates (subject to hydrolysis) is 1. The number of rotatable bonds is 3. The molecule has 0 aromatic heterocycles. The summed E-state index contributed by atoms with van der Waals surface area (Å²) in [5.41, 5.74) is 0.0363. The molecular weight excluding hydrogens is 246 g/mol. The summed E-state index contributed by atoms with van der Waals surface area (Å²) in [5.74, 6) is 0.128. The molecule has 106 valence electrons. The number of aromatic hydroxyl groups is 1. The SMILES string of the molecule is C[C@@H](NC(=O)OC(C)(C)C)[C@@H](O)c1ccc(O)cc1. The third-order valence-corrected chi connectivity index (χ3v) is 2.45. The molecule has 0 bridgehead atoms. The van der Waals surface area contributed by atoms with Gasteiger partial charge in [0, 0.05) is 0 Å². The summed E-state index contributed by atoms with van der Waals surface area (Å²) in [7, 11) is 0. The van der Waals surface area contributed by atoms with E-state index < -0.39 is 23.8 Å². The Labute approximate surface area is 113 Å². The molecule has 0 saturated heterocycles. The van der Waals surface area contributed by atoms with Gasteiger partial charge in [0.05, 0.1) is 12.1 Å². The summed E-state index contributed by atoms with van der Waals surface area (Å²) in [4.78, 5) is 11.6. The fourth-order valence-corrected chi connectivity index (χ4v) is 1.53. The number of carbonyl (C=O) groups is 1. The largest absolute Gasteiger partial charge is 0.508 e. The maximum Gasteiger partial charge on any atom is 0.407 e. The van der Waals surface area contributed by atoms with E-state index >= 15 is 0 Å². The van der Waals surface area contributed by atoms with Crippen LogP contribution in [0.3, 0.4) is 0 Å². The maximum atomic E-state index is 11.6. The van der Waals surface area contributed by atoms with Crippen molar-refractivity contribution in [2.24, 2.45) is 0 Å². The molecule has 0 heterocycles. The van der Waals surface area contributed by atoms with Gasteiger partial charge in [-0.3, -0.25) is 0 Å². The molecule has 0 fully saturated rings. The van der Waals surface area contributed by atoms with Gasteiger partial charge in [0.2, 0.25) is 0 Å². The molecule has 3 N–H and O–H groups in total. The molecule has 0 spiro atoms. The Morgan fingerprint density at radius 2 is 1.79 bits per heavy atom. The van der Waals surface area contributed by atoms with E-state index in [1.54, 1.807) is 39.8 Å². The van der Waals surface area contributed by atoms with Crippen LogP contribution in [0.15, 0.2) is 24.3 Å². The van der Waals surface area contributed by atoms with Crippen molar-refractivity contribution in [3.63, 3.8) is 0 Å². The minimum atomic E-state index is -0.867. The van der Waals surface area contributed by atoms with Crippen LogP contribution in [0, 0.1) is 0 Å². The lowest BCUT2D eigenvalue weighted by atomic mass is 10.0. The van der Waals surface area contributed by atoms with E-state index in [2.05, 4.69) is 5.32 Å². The Hall–Kier alpha value is -1.75. The molecule has 0 radical (unpaired) electrons. The molecule has 1 aromatic carbocycles. The normalized spacial score (nSPS) is 14.6. The molecule has 5 heteroatoms. The Morgan fingerprint density at radius 3 is 2.26 bits per heavy atom. The number of carbonyl (C=O) groups excluding carboxylic acids is 1. The van der Waals surface area contributed by atoms with Crippen molar-refractivity contribution >= 4 is 6.09 Å². The molecule has 2 atom stereocenters.